The zero-order valence-corrected chi connectivity index (χ0v) is 13.3. The number of ether oxygens (including phenoxy) is 1. The molecule has 4 nitrogen and oxygen atoms in total. The lowest BCUT2D eigenvalue weighted by atomic mass is 9.98. The average molecular weight is 290 g/mol. The van der Waals surface area contributed by atoms with Crippen molar-refractivity contribution in [2.24, 2.45) is 5.92 Å². The zero-order valence-electron chi connectivity index (χ0n) is 13.3. The Bertz CT molecular complexity index is 480. The third-order valence-electron chi connectivity index (χ3n) is 4.07. The highest BCUT2D eigenvalue weighted by Gasteiger charge is 2.22. The van der Waals surface area contributed by atoms with Gasteiger partial charge in [-0.25, -0.2) is 4.79 Å². The standard InChI is InChI=1S/C17H26N2O2/c1-4-11-21-17(20)15-12-14(18-3)5-6-16(15)19-9-7-13(2)8-10-19/h5-6,12-13,18H,4,7-11H2,1-3H3. The predicted molar refractivity (Wildman–Crippen MR) is 87.2 cm³/mol. The first kappa shape index (κ1) is 15.7. The number of esters is 1. The van der Waals surface area contributed by atoms with Crippen molar-refractivity contribution < 1.29 is 9.53 Å². The van der Waals surface area contributed by atoms with Crippen molar-refractivity contribution in [3.63, 3.8) is 0 Å². The topological polar surface area (TPSA) is 41.6 Å². The van der Waals surface area contributed by atoms with Gasteiger partial charge >= 0.3 is 5.97 Å². The second kappa shape index (κ2) is 7.34. The molecule has 21 heavy (non-hydrogen) atoms. The lowest BCUT2D eigenvalue weighted by Crippen LogP contribution is -2.34. The number of piperidine rings is 1. The third-order valence-corrected chi connectivity index (χ3v) is 4.07. The van der Waals surface area contributed by atoms with Crippen LogP contribution in [0.5, 0.6) is 0 Å². The summed E-state index contributed by atoms with van der Waals surface area (Å²) in [6, 6.07) is 5.94. The second-order valence-electron chi connectivity index (χ2n) is 5.79. The molecule has 0 saturated carbocycles. The van der Waals surface area contributed by atoms with E-state index in [-0.39, 0.29) is 5.97 Å². The molecule has 0 aromatic heterocycles. The van der Waals surface area contributed by atoms with Crippen molar-refractivity contribution in [1.29, 1.82) is 0 Å². The van der Waals surface area contributed by atoms with E-state index in [1.54, 1.807) is 0 Å². The van der Waals surface area contributed by atoms with Gasteiger partial charge in [0.15, 0.2) is 0 Å². The lowest BCUT2D eigenvalue weighted by molar-refractivity contribution is 0.0506. The molecule has 4 heteroatoms. The molecule has 1 saturated heterocycles. The van der Waals surface area contributed by atoms with Gasteiger partial charge in [0.05, 0.1) is 17.9 Å². The molecule has 0 spiro atoms. The summed E-state index contributed by atoms with van der Waals surface area (Å²) >= 11 is 0. The van der Waals surface area contributed by atoms with E-state index in [9.17, 15) is 4.79 Å². The minimum atomic E-state index is -0.220. The van der Waals surface area contributed by atoms with Gasteiger partial charge in [-0.1, -0.05) is 13.8 Å². The molecule has 1 aliphatic heterocycles. The van der Waals surface area contributed by atoms with Crippen LogP contribution in [-0.2, 0) is 4.74 Å². The summed E-state index contributed by atoms with van der Waals surface area (Å²) < 4.78 is 5.34. The molecule has 1 aromatic rings. The normalized spacial score (nSPS) is 15.9. The van der Waals surface area contributed by atoms with Crippen molar-refractivity contribution >= 4 is 17.3 Å². The Morgan fingerprint density at radius 2 is 2.10 bits per heavy atom. The Balaban J connectivity index is 2.24. The number of carbonyl (C=O) groups is 1. The van der Waals surface area contributed by atoms with Crippen LogP contribution in [-0.4, -0.2) is 32.7 Å². The Morgan fingerprint density at radius 3 is 2.71 bits per heavy atom. The maximum absolute atomic E-state index is 12.3. The van der Waals surface area contributed by atoms with E-state index in [0.717, 1.165) is 36.8 Å². The summed E-state index contributed by atoms with van der Waals surface area (Å²) in [6.07, 6.45) is 3.20. The molecule has 0 atom stereocenters. The van der Waals surface area contributed by atoms with Crippen LogP contribution in [0.25, 0.3) is 0 Å². The molecular formula is C17H26N2O2. The van der Waals surface area contributed by atoms with Crippen LogP contribution >= 0.6 is 0 Å². The monoisotopic (exact) mass is 290 g/mol. The van der Waals surface area contributed by atoms with E-state index in [4.69, 9.17) is 4.74 Å². The molecule has 0 unspecified atom stereocenters. The first-order valence-electron chi connectivity index (χ1n) is 7.89. The second-order valence-corrected chi connectivity index (χ2v) is 5.79. The lowest BCUT2D eigenvalue weighted by Gasteiger charge is -2.33. The number of benzene rings is 1. The molecule has 116 valence electrons. The van der Waals surface area contributed by atoms with Crippen LogP contribution in [0.2, 0.25) is 0 Å². The van der Waals surface area contributed by atoms with Gasteiger partial charge in [-0.05, 0) is 43.4 Å². The number of rotatable bonds is 5. The van der Waals surface area contributed by atoms with E-state index in [0.29, 0.717) is 12.2 Å². The Hall–Kier alpha value is -1.71. The van der Waals surface area contributed by atoms with Crippen molar-refractivity contribution in [3.05, 3.63) is 23.8 Å². The number of hydrogen-bond acceptors (Lipinski definition) is 4. The van der Waals surface area contributed by atoms with Crippen molar-refractivity contribution in [2.45, 2.75) is 33.1 Å². The number of nitrogens with one attached hydrogen (secondary N) is 1. The van der Waals surface area contributed by atoms with E-state index in [2.05, 4.69) is 17.1 Å². The Morgan fingerprint density at radius 1 is 1.38 bits per heavy atom. The number of hydrogen-bond donors (Lipinski definition) is 1. The van der Waals surface area contributed by atoms with Crippen molar-refractivity contribution in [3.8, 4) is 0 Å². The minimum absolute atomic E-state index is 0.220. The van der Waals surface area contributed by atoms with Crippen LogP contribution in [0.1, 0.15) is 43.5 Å². The molecule has 2 rings (SSSR count). The van der Waals surface area contributed by atoms with Gasteiger partial charge in [-0.15, -0.1) is 0 Å². The molecule has 0 radical (unpaired) electrons. The molecule has 0 bridgehead atoms. The first-order valence-corrected chi connectivity index (χ1v) is 7.89. The fraction of sp³-hybridized carbons (Fsp3) is 0.588. The Labute approximate surface area is 127 Å². The SMILES string of the molecule is CCCOC(=O)c1cc(NC)ccc1N1CCC(C)CC1. The molecule has 1 aromatic carbocycles. The van der Waals surface area contributed by atoms with Gasteiger partial charge in [0.2, 0.25) is 0 Å². The summed E-state index contributed by atoms with van der Waals surface area (Å²) in [4.78, 5) is 14.6. The van der Waals surface area contributed by atoms with E-state index in [1.807, 2.05) is 32.2 Å². The van der Waals surface area contributed by atoms with Gasteiger partial charge in [-0.3, -0.25) is 0 Å². The van der Waals surface area contributed by atoms with Crippen LogP contribution in [0.4, 0.5) is 11.4 Å². The number of nitrogens with zero attached hydrogens (tertiary/aromatic N) is 1. The van der Waals surface area contributed by atoms with Crippen molar-refractivity contribution in [1.82, 2.24) is 0 Å². The molecule has 1 heterocycles. The highest BCUT2D eigenvalue weighted by Crippen LogP contribution is 2.29. The maximum Gasteiger partial charge on any atom is 0.340 e. The van der Waals surface area contributed by atoms with Gasteiger partial charge < -0.3 is 15.0 Å². The van der Waals surface area contributed by atoms with Gasteiger partial charge in [-0.2, -0.15) is 0 Å². The van der Waals surface area contributed by atoms with Crippen LogP contribution < -0.4 is 10.2 Å². The molecule has 0 amide bonds. The highest BCUT2D eigenvalue weighted by atomic mass is 16.5. The average Bonchev–Trinajstić information content (AvgIpc) is 2.52. The van der Waals surface area contributed by atoms with E-state index in [1.165, 1.54) is 12.8 Å². The summed E-state index contributed by atoms with van der Waals surface area (Å²) in [7, 11) is 1.86. The van der Waals surface area contributed by atoms with Gasteiger partial charge in [0, 0.05) is 25.8 Å². The first-order chi connectivity index (χ1) is 10.2. The largest absolute Gasteiger partial charge is 0.462 e. The third kappa shape index (κ3) is 3.90. The Kier molecular flexibility index (Phi) is 5.48. The minimum Gasteiger partial charge on any atom is -0.462 e. The fourth-order valence-electron chi connectivity index (χ4n) is 2.65. The van der Waals surface area contributed by atoms with E-state index >= 15 is 0 Å². The van der Waals surface area contributed by atoms with Crippen molar-refractivity contribution in [2.75, 3.05) is 37.0 Å². The van der Waals surface area contributed by atoms with Gasteiger partial charge in [0.1, 0.15) is 0 Å². The van der Waals surface area contributed by atoms with Crippen LogP contribution in [0.15, 0.2) is 18.2 Å². The number of carbonyl (C=O) groups excluding carboxylic acids is 1. The predicted octanol–water partition coefficient (Wildman–Crippen LogP) is 3.53. The maximum atomic E-state index is 12.3. The van der Waals surface area contributed by atoms with Crippen LogP contribution in [0, 0.1) is 5.92 Å². The summed E-state index contributed by atoms with van der Waals surface area (Å²) in [5, 5.41) is 3.09. The van der Waals surface area contributed by atoms with E-state index < -0.39 is 0 Å². The molecule has 1 fully saturated rings. The summed E-state index contributed by atoms with van der Waals surface area (Å²) in [5.74, 6) is 0.552. The molecule has 0 aliphatic carbocycles. The highest BCUT2D eigenvalue weighted by molar-refractivity contribution is 5.97. The number of anilines is 2. The summed E-state index contributed by atoms with van der Waals surface area (Å²) in [6.45, 7) is 6.78. The smallest absolute Gasteiger partial charge is 0.340 e. The molecule has 1 aliphatic rings. The molecule has 1 N–H and O–H groups in total. The summed E-state index contributed by atoms with van der Waals surface area (Å²) in [5.41, 5.74) is 2.61. The van der Waals surface area contributed by atoms with Gasteiger partial charge in [0.25, 0.3) is 0 Å². The zero-order chi connectivity index (χ0) is 15.2. The fourth-order valence-corrected chi connectivity index (χ4v) is 2.65. The molecular weight excluding hydrogens is 264 g/mol. The van der Waals surface area contributed by atoms with Crippen LogP contribution in [0.3, 0.4) is 0 Å². The quantitative estimate of drug-likeness (QED) is 0.842.